The van der Waals surface area contributed by atoms with Crippen LogP contribution in [-0.4, -0.2) is 40.3 Å². The Morgan fingerprint density at radius 3 is 2.66 bits per heavy atom. The Labute approximate surface area is 166 Å². The Hall–Kier alpha value is -3.55. The second-order valence-corrected chi connectivity index (χ2v) is 6.73. The fourth-order valence-electron chi connectivity index (χ4n) is 3.44. The molecule has 0 radical (unpaired) electrons. The van der Waals surface area contributed by atoms with Crippen LogP contribution in [0.4, 0.5) is 4.39 Å². The zero-order valence-corrected chi connectivity index (χ0v) is 16.0. The van der Waals surface area contributed by atoms with E-state index < -0.39 is 6.04 Å². The number of nitrogens with zero attached hydrogens (tertiary/aromatic N) is 4. The van der Waals surface area contributed by atoms with Crippen LogP contribution in [-0.2, 0) is 4.84 Å². The van der Waals surface area contributed by atoms with Crippen LogP contribution in [0.25, 0.3) is 11.1 Å². The molecule has 3 aromatic rings. The molecule has 0 N–H and O–H groups in total. The van der Waals surface area contributed by atoms with Gasteiger partial charge in [0.05, 0.1) is 12.3 Å². The SMILES string of the molecule is CO/N=C1/C[C@@H](c2nc(C)no2)N(C(=O)c2ccc(-c3ccccc3F)cc2)C1. The fourth-order valence-corrected chi connectivity index (χ4v) is 3.44. The second kappa shape index (κ2) is 7.83. The summed E-state index contributed by atoms with van der Waals surface area (Å²) in [5, 5.41) is 7.81. The van der Waals surface area contributed by atoms with Gasteiger partial charge in [-0.3, -0.25) is 4.79 Å². The third-order valence-corrected chi connectivity index (χ3v) is 4.78. The Bertz CT molecular complexity index is 1060. The van der Waals surface area contributed by atoms with Crippen molar-refractivity contribution in [1.82, 2.24) is 15.0 Å². The molecule has 148 valence electrons. The van der Waals surface area contributed by atoms with Crippen molar-refractivity contribution in [2.24, 2.45) is 5.16 Å². The summed E-state index contributed by atoms with van der Waals surface area (Å²) in [5.74, 6) is 0.351. The molecule has 0 aliphatic carbocycles. The molecule has 8 heteroatoms. The lowest BCUT2D eigenvalue weighted by Crippen LogP contribution is -2.31. The normalized spacial score (nSPS) is 17.7. The van der Waals surface area contributed by atoms with Crippen LogP contribution in [0.15, 0.2) is 58.2 Å². The summed E-state index contributed by atoms with van der Waals surface area (Å²) in [7, 11) is 1.46. The molecule has 0 unspecified atom stereocenters. The van der Waals surface area contributed by atoms with E-state index in [2.05, 4.69) is 15.3 Å². The van der Waals surface area contributed by atoms with Crippen LogP contribution in [0.1, 0.15) is 34.5 Å². The van der Waals surface area contributed by atoms with E-state index >= 15 is 0 Å². The number of hydrogen-bond donors (Lipinski definition) is 0. The zero-order valence-electron chi connectivity index (χ0n) is 16.0. The fraction of sp³-hybridized carbons (Fsp3) is 0.238. The minimum absolute atomic E-state index is 0.202. The van der Waals surface area contributed by atoms with Gasteiger partial charge in [0.25, 0.3) is 5.91 Å². The molecule has 4 rings (SSSR count). The first-order valence-corrected chi connectivity index (χ1v) is 9.12. The van der Waals surface area contributed by atoms with Crippen molar-refractivity contribution in [2.75, 3.05) is 13.7 Å². The third-order valence-electron chi connectivity index (χ3n) is 4.78. The van der Waals surface area contributed by atoms with E-state index in [1.807, 2.05) is 0 Å². The van der Waals surface area contributed by atoms with Gasteiger partial charge in [-0.1, -0.05) is 40.6 Å². The highest BCUT2D eigenvalue weighted by molar-refractivity contribution is 6.00. The monoisotopic (exact) mass is 394 g/mol. The number of halogens is 1. The standard InChI is InChI=1S/C21H19FN4O3/c1-13-23-20(29-24-13)19-11-16(25-28-2)12-26(19)21(27)15-9-7-14(8-10-15)17-5-3-4-6-18(17)22/h3-10,19H,11-12H2,1-2H3/b25-16-/t19-/m0/s1. The average Bonchev–Trinajstić information content (AvgIpc) is 3.34. The maximum Gasteiger partial charge on any atom is 0.254 e. The van der Waals surface area contributed by atoms with Crippen molar-refractivity contribution in [3.8, 4) is 11.1 Å². The molecule has 0 bridgehead atoms. The number of aromatic nitrogens is 2. The smallest absolute Gasteiger partial charge is 0.254 e. The molecule has 1 atom stereocenters. The number of benzene rings is 2. The summed E-state index contributed by atoms with van der Waals surface area (Å²) in [6.45, 7) is 2.02. The maximum atomic E-state index is 14.0. The molecule has 0 spiro atoms. The van der Waals surface area contributed by atoms with Crippen LogP contribution < -0.4 is 0 Å². The van der Waals surface area contributed by atoms with E-state index in [0.29, 0.717) is 47.1 Å². The quantitative estimate of drug-likeness (QED) is 0.629. The molecular weight excluding hydrogens is 375 g/mol. The average molecular weight is 394 g/mol. The Morgan fingerprint density at radius 2 is 2.00 bits per heavy atom. The number of carbonyl (C=O) groups excluding carboxylic acids is 1. The molecule has 7 nitrogen and oxygen atoms in total. The van der Waals surface area contributed by atoms with Crippen LogP contribution in [0, 0.1) is 12.7 Å². The molecule has 2 heterocycles. The lowest BCUT2D eigenvalue weighted by molar-refractivity contribution is 0.0713. The van der Waals surface area contributed by atoms with Gasteiger partial charge in [0.2, 0.25) is 5.89 Å². The number of aryl methyl sites for hydroxylation is 1. The minimum atomic E-state index is -0.413. The number of likely N-dealkylation sites (tertiary alicyclic amines) is 1. The Morgan fingerprint density at radius 1 is 1.24 bits per heavy atom. The largest absolute Gasteiger partial charge is 0.399 e. The van der Waals surface area contributed by atoms with Crippen molar-refractivity contribution in [3.05, 3.63) is 71.6 Å². The topological polar surface area (TPSA) is 80.8 Å². The van der Waals surface area contributed by atoms with E-state index in [1.54, 1.807) is 54.3 Å². The molecular formula is C21H19FN4O3. The van der Waals surface area contributed by atoms with Gasteiger partial charge in [0.15, 0.2) is 5.82 Å². The third kappa shape index (κ3) is 3.73. The molecule has 29 heavy (non-hydrogen) atoms. The van der Waals surface area contributed by atoms with E-state index in [9.17, 15) is 9.18 Å². The van der Waals surface area contributed by atoms with Gasteiger partial charge in [-0.25, -0.2) is 4.39 Å². The van der Waals surface area contributed by atoms with Crippen LogP contribution in [0.2, 0.25) is 0 Å². The summed E-state index contributed by atoms with van der Waals surface area (Å²) in [6, 6.07) is 13.0. The maximum absolute atomic E-state index is 14.0. The first-order chi connectivity index (χ1) is 14.1. The molecule has 1 aromatic heterocycles. The van der Waals surface area contributed by atoms with Gasteiger partial charge >= 0.3 is 0 Å². The molecule has 1 aliphatic heterocycles. The number of carbonyl (C=O) groups is 1. The molecule has 1 aliphatic rings. The zero-order chi connectivity index (χ0) is 20.4. The summed E-state index contributed by atoms with van der Waals surface area (Å²) in [6.07, 6.45) is 0.453. The van der Waals surface area contributed by atoms with E-state index in [1.165, 1.54) is 13.2 Å². The number of amides is 1. The van der Waals surface area contributed by atoms with Gasteiger partial charge in [-0.15, -0.1) is 0 Å². The summed E-state index contributed by atoms with van der Waals surface area (Å²) in [5.41, 5.74) is 2.38. The van der Waals surface area contributed by atoms with Crippen molar-refractivity contribution in [1.29, 1.82) is 0 Å². The van der Waals surface area contributed by atoms with Crippen LogP contribution in [0.5, 0.6) is 0 Å². The first kappa shape index (κ1) is 18.8. The van der Waals surface area contributed by atoms with Crippen molar-refractivity contribution in [2.45, 2.75) is 19.4 Å². The van der Waals surface area contributed by atoms with Gasteiger partial charge in [0.1, 0.15) is 19.0 Å². The molecule has 1 amide bonds. The predicted molar refractivity (Wildman–Crippen MR) is 104 cm³/mol. The Kier molecular flexibility index (Phi) is 5.07. The van der Waals surface area contributed by atoms with Gasteiger partial charge in [-0.05, 0) is 30.7 Å². The first-order valence-electron chi connectivity index (χ1n) is 9.12. The summed E-state index contributed by atoms with van der Waals surface area (Å²) < 4.78 is 19.3. The predicted octanol–water partition coefficient (Wildman–Crippen LogP) is 3.77. The van der Waals surface area contributed by atoms with Gasteiger partial charge in [-0.2, -0.15) is 4.98 Å². The highest BCUT2D eigenvalue weighted by Gasteiger charge is 2.38. The van der Waals surface area contributed by atoms with E-state index in [-0.39, 0.29) is 11.7 Å². The summed E-state index contributed by atoms with van der Waals surface area (Å²) >= 11 is 0. The Balaban J connectivity index is 1.61. The lowest BCUT2D eigenvalue weighted by atomic mass is 10.0. The molecule has 1 fully saturated rings. The van der Waals surface area contributed by atoms with Gasteiger partial charge in [0, 0.05) is 17.5 Å². The molecule has 2 aromatic carbocycles. The van der Waals surface area contributed by atoms with Crippen molar-refractivity contribution < 1.29 is 18.5 Å². The lowest BCUT2D eigenvalue weighted by Gasteiger charge is -2.21. The van der Waals surface area contributed by atoms with E-state index in [0.717, 1.165) is 0 Å². The second-order valence-electron chi connectivity index (χ2n) is 6.73. The highest BCUT2D eigenvalue weighted by Crippen LogP contribution is 2.32. The van der Waals surface area contributed by atoms with Crippen molar-refractivity contribution in [3.63, 3.8) is 0 Å². The number of hydrogen-bond acceptors (Lipinski definition) is 6. The molecule has 0 saturated carbocycles. The summed E-state index contributed by atoms with van der Waals surface area (Å²) in [4.78, 5) is 23.9. The van der Waals surface area contributed by atoms with Crippen LogP contribution >= 0.6 is 0 Å². The van der Waals surface area contributed by atoms with E-state index in [4.69, 9.17) is 9.36 Å². The number of oxime groups is 1. The number of rotatable bonds is 4. The minimum Gasteiger partial charge on any atom is -0.399 e. The molecule has 1 saturated heterocycles. The van der Waals surface area contributed by atoms with Gasteiger partial charge < -0.3 is 14.3 Å². The highest BCUT2D eigenvalue weighted by atomic mass is 19.1. The van der Waals surface area contributed by atoms with Crippen LogP contribution in [0.3, 0.4) is 0 Å². The van der Waals surface area contributed by atoms with Crippen molar-refractivity contribution >= 4 is 11.6 Å².